The number of aromatic nitrogens is 1. The van der Waals surface area contributed by atoms with Crippen molar-refractivity contribution in [1.29, 1.82) is 0 Å². The minimum absolute atomic E-state index is 0.306. The summed E-state index contributed by atoms with van der Waals surface area (Å²) in [7, 11) is 0. The summed E-state index contributed by atoms with van der Waals surface area (Å²) in [6.45, 7) is 3.00. The molecule has 25 heavy (non-hydrogen) atoms. The lowest BCUT2D eigenvalue weighted by Gasteiger charge is -2.14. The quantitative estimate of drug-likeness (QED) is 0.846. The first-order chi connectivity index (χ1) is 11.6. The number of halogens is 4. The highest BCUT2D eigenvalue weighted by molar-refractivity contribution is 6.34. The number of carbonyl (C=O) groups is 2. The molecule has 132 valence electrons. The Morgan fingerprint density at radius 1 is 1.20 bits per heavy atom. The van der Waals surface area contributed by atoms with Crippen molar-refractivity contribution in [2.45, 2.75) is 20.0 Å². The van der Waals surface area contributed by atoms with Crippen LogP contribution in [0.25, 0.3) is 0 Å². The minimum atomic E-state index is -4.61. The Morgan fingerprint density at radius 2 is 1.88 bits per heavy atom. The van der Waals surface area contributed by atoms with Crippen LogP contribution in [0.15, 0.2) is 30.5 Å². The van der Waals surface area contributed by atoms with Crippen molar-refractivity contribution >= 4 is 34.8 Å². The molecular formula is C16H13ClF3N3O2. The molecule has 0 radical (unpaired) electrons. The number of para-hydroxylation sites is 1. The molecule has 0 atom stereocenters. The van der Waals surface area contributed by atoms with E-state index in [1.807, 2.05) is 0 Å². The lowest BCUT2D eigenvalue weighted by atomic mass is 10.1. The molecule has 0 aliphatic heterocycles. The number of amides is 2. The molecule has 9 heteroatoms. The van der Waals surface area contributed by atoms with Crippen LogP contribution in [0.1, 0.15) is 28.5 Å². The predicted octanol–water partition coefficient (Wildman–Crippen LogP) is 4.27. The van der Waals surface area contributed by atoms with E-state index < -0.39 is 22.7 Å². The van der Waals surface area contributed by atoms with Crippen LogP contribution in [0.5, 0.6) is 0 Å². The maximum absolute atomic E-state index is 12.6. The van der Waals surface area contributed by atoms with E-state index in [0.29, 0.717) is 29.2 Å². The van der Waals surface area contributed by atoms with E-state index in [1.165, 1.54) is 6.92 Å². The predicted molar refractivity (Wildman–Crippen MR) is 87.7 cm³/mol. The topological polar surface area (TPSA) is 71.1 Å². The third kappa shape index (κ3) is 4.48. The lowest BCUT2D eigenvalue weighted by molar-refractivity contribution is -0.137. The number of anilines is 2. The number of alkyl halides is 3. The van der Waals surface area contributed by atoms with Gasteiger partial charge < -0.3 is 10.6 Å². The molecule has 1 aromatic heterocycles. The van der Waals surface area contributed by atoms with Crippen molar-refractivity contribution in [3.63, 3.8) is 0 Å². The summed E-state index contributed by atoms with van der Waals surface area (Å²) in [6, 6.07) is 5.59. The molecule has 5 nitrogen and oxygen atoms in total. The van der Waals surface area contributed by atoms with Gasteiger partial charge in [-0.1, -0.05) is 23.7 Å². The Bertz CT molecular complexity index is 838. The number of pyridine rings is 1. The molecule has 0 unspecified atom stereocenters. The van der Waals surface area contributed by atoms with Crippen LogP contribution < -0.4 is 10.6 Å². The molecule has 0 aliphatic carbocycles. The Morgan fingerprint density at radius 3 is 2.44 bits per heavy atom. The van der Waals surface area contributed by atoms with Gasteiger partial charge in [-0.3, -0.25) is 9.59 Å². The fourth-order valence-electron chi connectivity index (χ4n) is 2.06. The molecule has 1 aromatic carbocycles. The smallest absolute Gasteiger partial charge is 0.325 e. The maximum Gasteiger partial charge on any atom is 0.417 e. The van der Waals surface area contributed by atoms with E-state index in [0.717, 1.165) is 0 Å². The van der Waals surface area contributed by atoms with Gasteiger partial charge in [-0.25, -0.2) is 4.98 Å². The van der Waals surface area contributed by atoms with Crippen LogP contribution in [0.2, 0.25) is 5.02 Å². The minimum Gasteiger partial charge on any atom is -0.325 e. The number of nitrogens with zero attached hydrogens (tertiary/aromatic N) is 1. The first-order valence-electron chi connectivity index (χ1n) is 7.01. The van der Waals surface area contributed by atoms with Crippen LogP contribution in [-0.2, 0) is 11.0 Å². The summed E-state index contributed by atoms with van der Waals surface area (Å²) in [5.41, 5.74) is -0.109. The van der Waals surface area contributed by atoms with Gasteiger partial charge in [-0.15, -0.1) is 0 Å². The van der Waals surface area contributed by atoms with Gasteiger partial charge in [0, 0.05) is 13.1 Å². The molecule has 2 amide bonds. The maximum atomic E-state index is 12.6. The number of hydrogen-bond acceptors (Lipinski definition) is 3. The van der Waals surface area contributed by atoms with E-state index in [2.05, 4.69) is 15.6 Å². The summed E-state index contributed by atoms with van der Waals surface area (Å²) in [5, 5.41) is 4.65. The lowest BCUT2D eigenvalue weighted by Crippen LogP contribution is -2.18. The second-order valence-corrected chi connectivity index (χ2v) is 5.59. The highest BCUT2D eigenvalue weighted by atomic mass is 35.5. The first-order valence-corrected chi connectivity index (χ1v) is 7.38. The summed E-state index contributed by atoms with van der Waals surface area (Å²) in [6.07, 6.45) is -4.08. The fourth-order valence-corrected chi connectivity index (χ4v) is 2.31. The van der Waals surface area contributed by atoms with Crippen molar-refractivity contribution in [2.24, 2.45) is 0 Å². The van der Waals surface area contributed by atoms with Crippen molar-refractivity contribution in [1.82, 2.24) is 4.98 Å². The highest BCUT2D eigenvalue weighted by Gasteiger charge is 2.32. The normalized spacial score (nSPS) is 11.1. The van der Waals surface area contributed by atoms with E-state index in [4.69, 9.17) is 11.6 Å². The second-order valence-electron chi connectivity index (χ2n) is 5.18. The standard InChI is InChI=1S/C16H13ClF3N3O2/c1-8-4-3-5-12(22-9(2)24)13(8)23-15(25)14-11(17)6-10(7-21-14)16(18,19)20/h3-7H,1-2H3,(H,22,24)(H,23,25). The Kier molecular flexibility index (Phi) is 5.32. The van der Waals surface area contributed by atoms with Crippen LogP contribution in [-0.4, -0.2) is 16.8 Å². The zero-order valence-electron chi connectivity index (χ0n) is 13.2. The molecular weight excluding hydrogens is 359 g/mol. The van der Waals surface area contributed by atoms with Crippen molar-refractivity contribution in [2.75, 3.05) is 10.6 Å². The van der Waals surface area contributed by atoms with Gasteiger partial charge in [0.05, 0.1) is 22.0 Å². The van der Waals surface area contributed by atoms with Crippen molar-refractivity contribution in [3.8, 4) is 0 Å². The van der Waals surface area contributed by atoms with Gasteiger partial charge in [0.25, 0.3) is 5.91 Å². The summed E-state index contributed by atoms with van der Waals surface area (Å²) in [5.74, 6) is -1.13. The summed E-state index contributed by atoms with van der Waals surface area (Å²) in [4.78, 5) is 27.1. The third-order valence-electron chi connectivity index (χ3n) is 3.21. The molecule has 0 fully saturated rings. The SMILES string of the molecule is CC(=O)Nc1cccc(C)c1NC(=O)c1ncc(C(F)(F)F)cc1Cl. The van der Waals surface area contributed by atoms with E-state index in [1.54, 1.807) is 25.1 Å². The third-order valence-corrected chi connectivity index (χ3v) is 3.49. The average molecular weight is 372 g/mol. The Labute approximate surface area is 146 Å². The zero-order valence-corrected chi connectivity index (χ0v) is 13.9. The Hall–Kier alpha value is -2.61. The first kappa shape index (κ1) is 18.7. The van der Waals surface area contributed by atoms with Gasteiger partial charge in [-0.2, -0.15) is 13.2 Å². The molecule has 0 aliphatic rings. The number of hydrogen-bond donors (Lipinski definition) is 2. The molecule has 2 aromatic rings. The van der Waals surface area contributed by atoms with Gasteiger partial charge >= 0.3 is 6.18 Å². The number of aryl methyl sites for hydroxylation is 1. The van der Waals surface area contributed by atoms with Crippen LogP contribution in [0.3, 0.4) is 0 Å². The average Bonchev–Trinajstić information content (AvgIpc) is 2.49. The summed E-state index contributed by atoms with van der Waals surface area (Å²) < 4.78 is 37.9. The molecule has 2 rings (SSSR count). The monoisotopic (exact) mass is 371 g/mol. The van der Waals surface area contributed by atoms with Gasteiger partial charge in [-0.05, 0) is 24.6 Å². The molecule has 0 saturated heterocycles. The van der Waals surface area contributed by atoms with Crippen LogP contribution >= 0.6 is 11.6 Å². The molecule has 0 spiro atoms. The highest BCUT2D eigenvalue weighted by Crippen LogP contribution is 2.32. The van der Waals surface area contributed by atoms with Crippen molar-refractivity contribution < 1.29 is 22.8 Å². The molecule has 2 N–H and O–H groups in total. The number of nitrogens with one attached hydrogen (secondary N) is 2. The van der Waals surface area contributed by atoms with Gasteiger partial charge in [0.2, 0.25) is 5.91 Å². The molecule has 1 heterocycles. The van der Waals surface area contributed by atoms with Gasteiger partial charge in [0.1, 0.15) is 5.69 Å². The molecule has 0 bridgehead atoms. The summed E-state index contributed by atoms with van der Waals surface area (Å²) >= 11 is 5.77. The largest absolute Gasteiger partial charge is 0.417 e. The van der Waals surface area contributed by atoms with E-state index in [-0.39, 0.29) is 11.6 Å². The Balaban J connectivity index is 2.33. The second kappa shape index (κ2) is 7.10. The van der Waals surface area contributed by atoms with Gasteiger partial charge in [0.15, 0.2) is 0 Å². The van der Waals surface area contributed by atoms with Crippen molar-refractivity contribution in [3.05, 3.63) is 52.3 Å². The number of benzene rings is 1. The number of rotatable bonds is 3. The fraction of sp³-hybridized carbons (Fsp3) is 0.188. The van der Waals surface area contributed by atoms with E-state index in [9.17, 15) is 22.8 Å². The van der Waals surface area contributed by atoms with E-state index >= 15 is 0 Å². The number of carbonyl (C=O) groups excluding carboxylic acids is 2. The zero-order chi connectivity index (χ0) is 18.8. The molecule has 0 saturated carbocycles. The van der Waals surface area contributed by atoms with Crippen LogP contribution in [0.4, 0.5) is 24.5 Å². The van der Waals surface area contributed by atoms with Crippen LogP contribution in [0, 0.1) is 6.92 Å².